The van der Waals surface area contributed by atoms with Crippen LogP contribution < -0.4 is 4.90 Å². The predicted octanol–water partition coefficient (Wildman–Crippen LogP) is 3.19. The van der Waals surface area contributed by atoms with Crippen molar-refractivity contribution in [2.24, 2.45) is 5.92 Å². The van der Waals surface area contributed by atoms with Gasteiger partial charge in [-0.15, -0.1) is 0 Å². The van der Waals surface area contributed by atoms with E-state index in [1.807, 2.05) is 0 Å². The van der Waals surface area contributed by atoms with Gasteiger partial charge in [0.2, 0.25) is 5.91 Å². The van der Waals surface area contributed by atoms with Gasteiger partial charge in [-0.3, -0.25) is 9.59 Å². The minimum absolute atomic E-state index is 0.117. The van der Waals surface area contributed by atoms with Crippen LogP contribution in [0.4, 0.5) is 10.1 Å². The number of aromatic hydroxyl groups is 1. The van der Waals surface area contributed by atoms with E-state index in [1.165, 1.54) is 19.2 Å². The highest BCUT2D eigenvalue weighted by Crippen LogP contribution is 2.45. The molecule has 1 aliphatic heterocycles. The van der Waals surface area contributed by atoms with Crippen molar-refractivity contribution in [3.05, 3.63) is 59.9 Å². The first-order valence-electron chi connectivity index (χ1n) is 7.95. The summed E-state index contributed by atoms with van der Waals surface area (Å²) in [6.07, 6.45) is 0.521. The van der Waals surface area contributed by atoms with Gasteiger partial charge in [-0.25, -0.2) is 4.39 Å². The summed E-state index contributed by atoms with van der Waals surface area (Å²) in [4.78, 5) is 25.6. The van der Waals surface area contributed by atoms with Crippen LogP contribution in [0.1, 0.15) is 24.4 Å². The highest BCUT2D eigenvalue weighted by molar-refractivity contribution is 6.03. The van der Waals surface area contributed by atoms with E-state index in [2.05, 4.69) is 4.74 Å². The monoisotopic (exact) mass is 343 g/mol. The fraction of sp³-hybridized carbons (Fsp3) is 0.263. The molecule has 25 heavy (non-hydrogen) atoms. The van der Waals surface area contributed by atoms with Gasteiger partial charge < -0.3 is 14.7 Å². The van der Waals surface area contributed by atoms with Gasteiger partial charge in [-0.1, -0.05) is 12.1 Å². The molecule has 0 aromatic heterocycles. The molecule has 1 aliphatic rings. The van der Waals surface area contributed by atoms with Crippen molar-refractivity contribution in [1.82, 2.24) is 0 Å². The number of ether oxygens (including phenoxy) is 1. The average Bonchev–Trinajstić information content (AvgIpc) is 2.62. The second kappa shape index (κ2) is 6.93. The number of anilines is 1. The van der Waals surface area contributed by atoms with Crippen LogP contribution in [0, 0.1) is 11.7 Å². The second-order valence-electron chi connectivity index (χ2n) is 5.94. The maximum atomic E-state index is 13.2. The summed E-state index contributed by atoms with van der Waals surface area (Å²) in [5.74, 6) is -1.09. The molecular formula is C19H18FNO4. The number of β-lactam (4-membered cyclic amide) rings is 1. The third-order valence-electron chi connectivity index (χ3n) is 4.44. The third kappa shape index (κ3) is 3.33. The smallest absolute Gasteiger partial charge is 0.305 e. The van der Waals surface area contributed by atoms with Gasteiger partial charge in [0, 0.05) is 12.1 Å². The molecule has 1 heterocycles. The van der Waals surface area contributed by atoms with Crippen LogP contribution in [0.2, 0.25) is 0 Å². The van der Waals surface area contributed by atoms with Crippen LogP contribution in [0.15, 0.2) is 48.5 Å². The van der Waals surface area contributed by atoms with Crippen molar-refractivity contribution < 1.29 is 23.8 Å². The quantitative estimate of drug-likeness (QED) is 0.669. The maximum Gasteiger partial charge on any atom is 0.305 e. The minimum Gasteiger partial charge on any atom is -0.508 e. The molecule has 0 radical (unpaired) electrons. The minimum atomic E-state index is -0.375. The number of phenols is 1. The van der Waals surface area contributed by atoms with Gasteiger partial charge in [0.05, 0.1) is 19.1 Å². The van der Waals surface area contributed by atoms with Crippen LogP contribution in [0.25, 0.3) is 0 Å². The van der Waals surface area contributed by atoms with E-state index < -0.39 is 0 Å². The highest BCUT2D eigenvalue weighted by atomic mass is 19.1. The molecule has 0 spiro atoms. The zero-order chi connectivity index (χ0) is 18.0. The molecule has 2 aromatic rings. The van der Waals surface area contributed by atoms with E-state index in [9.17, 15) is 19.1 Å². The second-order valence-corrected chi connectivity index (χ2v) is 5.94. The van der Waals surface area contributed by atoms with E-state index in [-0.39, 0.29) is 41.8 Å². The summed E-state index contributed by atoms with van der Waals surface area (Å²) in [6.45, 7) is 0. The van der Waals surface area contributed by atoms with Gasteiger partial charge in [0.25, 0.3) is 0 Å². The standard InChI is InChI=1S/C19H18FNO4/c1-25-17(23)11-10-16-18(12-2-8-15(22)9-3-12)21(19(16)24)14-6-4-13(20)5-7-14/h2-9,16,18,22H,10-11H2,1H3. The molecule has 1 N–H and O–H groups in total. The number of hydrogen-bond donors (Lipinski definition) is 1. The zero-order valence-corrected chi connectivity index (χ0v) is 13.7. The number of esters is 1. The van der Waals surface area contributed by atoms with Crippen molar-refractivity contribution in [2.75, 3.05) is 12.0 Å². The van der Waals surface area contributed by atoms with Gasteiger partial charge in [0.15, 0.2) is 0 Å². The maximum absolute atomic E-state index is 13.2. The molecule has 1 fully saturated rings. The molecule has 130 valence electrons. The summed E-state index contributed by atoms with van der Waals surface area (Å²) in [5, 5.41) is 9.49. The molecule has 1 amide bonds. The highest BCUT2D eigenvalue weighted by Gasteiger charge is 2.48. The number of methoxy groups -OCH3 is 1. The van der Waals surface area contributed by atoms with Crippen LogP contribution in [0.3, 0.4) is 0 Å². The molecule has 0 bridgehead atoms. The van der Waals surface area contributed by atoms with Gasteiger partial charge >= 0.3 is 5.97 Å². The lowest BCUT2D eigenvalue weighted by molar-refractivity contribution is -0.141. The number of carbonyl (C=O) groups excluding carboxylic acids is 2. The SMILES string of the molecule is COC(=O)CCC1C(=O)N(c2ccc(F)cc2)C1c1ccc(O)cc1. The van der Waals surface area contributed by atoms with Crippen molar-refractivity contribution in [3.63, 3.8) is 0 Å². The number of nitrogens with zero attached hydrogens (tertiary/aromatic N) is 1. The third-order valence-corrected chi connectivity index (χ3v) is 4.44. The Balaban J connectivity index is 1.88. The Hall–Kier alpha value is -2.89. The number of benzene rings is 2. The predicted molar refractivity (Wildman–Crippen MR) is 89.5 cm³/mol. The number of phenolic OH excluding ortho intramolecular Hbond substituents is 1. The Morgan fingerprint density at radius 3 is 2.40 bits per heavy atom. The van der Waals surface area contributed by atoms with Gasteiger partial charge in [-0.2, -0.15) is 0 Å². The Labute approximate surface area is 144 Å². The van der Waals surface area contributed by atoms with Crippen LogP contribution in [-0.2, 0) is 14.3 Å². The van der Waals surface area contributed by atoms with E-state index in [0.717, 1.165) is 5.56 Å². The summed E-state index contributed by atoms with van der Waals surface area (Å²) in [5.41, 5.74) is 1.44. The number of amides is 1. The molecule has 5 nitrogen and oxygen atoms in total. The van der Waals surface area contributed by atoms with Crippen molar-refractivity contribution in [1.29, 1.82) is 0 Å². The van der Waals surface area contributed by atoms with Crippen LogP contribution in [-0.4, -0.2) is 24.1 Å². The van der Waals surface area contributed by atoms with Crippen molar-refractivity contribution in [2.45, 2.75) is 18.9 Å². The molecule has 6 heteroatoms. The first kappa shape index (κ1) is 17.0. The van der Waals surface area contributed by atoms with Gasteiger partial charge in [-0.05, 0) is 48.4 Å². The molecular weight excluding hydrogens is 325 g/mol. The molecule has 0 aliphatic carbocycles. The van der Waals surface area contributed by atoms with E-state index >= 15 is 0 Å². The molecule has 3 rings (SSSR count). The average molecular weight is 343 g/mol. The van der Waals surface area contributed by atoms with Gasteiger partial charge in [0.1, 0.15) is 11.6 Å². The lowest BCUT2D eigenvalue weighted by Gasteiger charge is -2.47. The topological polar surface area (TPSA) is 66.8 Å². The van der Waals surface area contributed by atoms with Crippen LogP contribution >= 0.6 is 0 Å². The van der Waals surface area contributed by atoms with Crippen molar-refractivity contribution >= 4 is 17.6 Å². The van der Waals surface area contributed by atoms with E-state index in [0.29, 0.717) is 12.1 Å². The Bertz CT molecular complexity index is 773. The van der Waals surface area contributed by atoms with Crippen molar-refractivity contribution in [3.8, 4) is 5.75 Å². The van der Waals surface area contributed by atoms with E-state index in [4.69, 9.17) is 0 Å². The number of hydrogen-bond acceptors (Lipinski definition) is 4. The number of carbonyl (C=O) groups is 2. The Kier molecular flexibility index (Phi) is 4.70. The lowest BCUT2D eigenvalue weighted by atomic mass is 9.79. The molecule has 0 saturated carbocycles. The fourth-order valence-corrected chi connectivity index (χ4v) is 3.15. The summed E-state index contributed by atoms with van der Waals surface area (Å²) in [7, 11) is 1.31. The number of rotatable bonds is 5. The normalized spacial score (nSPS) is 19.4. The summed E-state index contributed by atoms with van der Waals surface area (Å²) >= 11 is 0. The molecule has 2 unspecified atom stereocenters. The summed E-state index contributed by atoms with van der Waals surface area (Å²) < 4.78 is 17.8. The zero-order valence-electron chi connectivity index (χ0n) is 13.7. The first-order chi connectivity index (χ1) is 12.0. The fourth-order valence-electron chi connectivity index (χ4n) is 3.15. The first-order valence-corrected chi connectivity index (χ1v) is 7.95. The molecule has 1 saturated heterocycles. The number of halogens is 1. The summed E-state index contributed by atoms with van der Waals surface area (Å²) in [6, 6.07) is 12.0. The molecule has 2 atom stereocenters. The Morgan fingerprint density at radius 1 is 1.16 bits per heavy atom. The van der Waals surface area contributed by atoms with Crippen LogP contribution in [0.5, 0.6) is 5.75 Å². The largest absolute Gasteiger partial charge is 0.508 e. The molecule has 2 aromatic carbocycles. The Morgan fingerprint density at radius 2 is 1.80 bits per heavy atom. The lowest BCUT2D eigenvalue weighted by Crippen LogP contribution is -2.55. The van der Waals surface area contributed by atoms with E-state index in [1.54, 1.807) is 41.3 Å².